The Labute approximate surface area is 167 Å². The number of halogens is 1. The molecular formula is C20H20ClN3O2S. The van der Waals surface area contributed by atoms with Gasteiger partial charge in [0.25, 0.3) is 5.22 Å². The fourth-order valence-electron chi connectivity index (χ4n) is 2.54. The third-order valence-electron chi connectivity index (χ3n) is 4.04. The predicted molar refractivity (Wildman–Crippen MR) is 108 cm³/mol. The molecule has 0 fully saturated rings. The van der Waals surface area contributed by atoms with Gasteiger partial charge in [-0.3, -0.25) is 4.79 Å². The molecule has 0 aliphatic rings. The first-order valence-corrected chi connectivity index (χ1v) is 9.87. The largest absolute Gasteiger partial charge is 0.416 e. The summed E-state index contributed by atoms with van der Waals surface area (Å²) in [6, 6.07) is 17.2. The van der Waals surface area contributed by atoms with Crippen LogP contribution in [0.3, 0.4) is 0 Å². The van der Waals surface area contributed by atoms with E-state index in [0.29, 0.717) is 28.2 Å². The highest BCUT2D eigenvalue weighted by atomic mass is 35.5. The number of carbonyl (C=O) groups is 1. The van der Waals surface area contributed by atoms with Gasteiger partial charge in [-0.2, -0.15) is 0 Å². The normalized spacial score (nSPS) is 13.1. The zero-order valence-electron chi connectivity index (χ0n) is 15.1. The molecule has 2 atom stereocenters. The number of hydrogen-bond acceptors (Lipinski definition) is 5. The molecule has 0 radical (unpaired) electrons. The van der Waals surface area contributed by atoms with Crippen LogP contribution < -0.4 is 5.32 Å². The van der Waals surface area contributed by atoms with E-state index < -0.39 is 0 Å². The quantitative estimate of drug-likeness (QED) is 0.552. The van der Waals surface area contributed by atoms with Crippen molar-refractivity contribution < 1.29 is 9.21 Å². The van der Waals surface area contributed by atoms with E-state index in [9.17, 15) is 4.79 Å². The topological polar surface area (TPSA) is 68.0 Å². The van der Waals surface area contributed by atoms with E-state index in [1.54, 1.807) is 31.2 Å². The molecule has 0 aliphatic heterocycles. The molecule has 2 aromatic carbocycles. The molecule has 27 heavy (non-hydrogen) atoms. The highest BCUT2D eigenvalue weighted by Gasteiger charge is 2.19. The molecular weight excluding hydrogens is 382 g/mol. The van der Waals surface area contributed by atoms with E-state index in [1.165, 1.54) is 17.3 Å². The van der Waals surface area contributed by atoms with Gasteiger partial charge in [-0.15, -0.1) is 10.2 Å². The van der Waals surface area contributed by atoms with Crippen molar-refractivity contribution in [3.05, 3.63) is 71.1 Å². The number of rotatable bonds is 7. The summed E-state index contributed by atoms with van der Waals surface area (Å²) in [5, 5.41) is 11.6. The Balaban J connectivity index is 1.55. The molecule has 0 bridgehead atoms. The van der Waals surface area contributed by atoms with Crippen LogP contribution in [-0.2, 0) is 11.2 Å². The molecule has 1 N–H and O–H groups in total. The van der Waals surface area contributed by atoms with Gasteiger partial charge in [0.2, 0.25) is 11.8 Å². The van der Waals surface area contributed by atoms with Crippen molar-refractivity contribution in [2.45, 2.75) is 36.7 Å². The van der Waals surface area contributed by atoms with Gasteiger partial charge < -0.3 is 9.73 Å². The minimum atomic E-state index is -0.385. The molecule has 0 spiro atoms. The zero-order valence-corrected chi connectivity index (χ0v) is 16.6. The number of amides is 1. The van der Waals surface area contributed by atoms with Gasteiger partial charge in [-0.1, -0.05) is 66.7 Å². The SMILES string of the molecule is CC(Sc1nnc(CC(C)c2ccccc2)o1)C(=O)Nc1cccc(Cl)c1. The second kappa shape index (κ2) is 9.06. The van der Waals surface area contributed by atoms with Gasteiger partial charge in [-0.05, 0) is 36.6 Å². The monoisotopic (exact) mass is 401 g/mol. The Hall–Kier alpha value is -2.31. The van der Waals surface area contributed by atoms with E-state index in [4.69, 9.17) is 16.0 Å². The highest BCUT2D eigenvalue weighted by Crippen LogP contribution is 2.26. The van der Waals surface area contributed by atoms with Crippen LogP contribution in [0.15, 0.2) is 64.2 Å². The van der Waals surface area contributed by atoms with Gasteiger partial charge in [-0.25, -0.2) is 0 Å². The van der Waals surface area contributed by atoms with Crippen LogP contribution in [0.25, 0.3) is 0 Å². The third-order valence-corrected chi connectivity index (χ3v) is 5.21. The Morgan fingerprint density at radius 1 is 1.15 bits per heavy atom. The van der Waals surface area contributed by atoms with Crippen molar-refractivity contribution in [2.75, 3.05) is 5.32 Å². The molecule has 7 heteroatoms. The minimum absolute atomic E-state index is 0.153. The van der Waals surface area contributed by atoms with E-state index in [2.05, 4.69) is 34.6 Å². The molecule has 3 aromatic rings. The number of carbonyl (C=O) groups excluding carboxylic acids is 1. The molecule has 1 amide bonds. The first-order chi connectivity index (χ1) is 13.0. The molecule has 5 nitrogen and oxygen atoms in total. The summed E-state index contributed by atoms with van der Waals surface area (Å²) in [4.78, 5) is 12.3. The van der Waals surface area contributed by atoms with Gasteiger partial charge in [0.05, 0.1) is 5.25 Å². The van der Waals surface area contributed by atoms with Crippen LogP contribution in [0.2, 0.25) is 5.02 Å². The summed E-state index contributed by atoms with van der Waals surface area (Å²) in [5.74, 6) is 0.684. The number of nitrogens with zero attached hydrogens (tertiary/aromatic N) is 2. The number of hydrogen-bond donors (Lipinski definition) is 1. The van der Waals surface area contributed by atoms with Gasteiger partial charge in [0.1, 0.15) is 0 Å². The van der Waals surface area contributed by atoms with Crippen LogP contribution in [0.5, 0.6) is 0 Å². The van der Waals surface area contributed by atoms with E-state index in [0.717, 1.165) is 0 Å². The second-order valence-electron chi connectivity index (χ2n) is 6.24. The van der Waals surface area contributed by atoms with E-state index >= 15 is 0 Å². The molecule has 0 saturated carbocycles. The lowest BCUT2D eigenvalue weighted by molar-refractivity contribution is -0.115. The number of benzene rings is 2. The first kappa shape index (κ1) is 19.5. The molecule has 2 unspecified atom stereocenters. The van der Waals surface area contributed by atoms with Crippen molar-refractivity contribution in [3.8, 4) is 0 Å². The molecule has 0 aliphatic carbocycles. The number of nitrogens with one attached hydrogen (secondary N) is 1. The fourth-order valence-corrected chi connectivity index (χ4v) is 3.44. The van der Waals surface area contributed by atoms with Gasteiger partial charge in [0, 0.05) is 17.1 Å². The summed E-state index contributed by atoms with van der Waals surface area (Å²) >= 11 is 7.17. The fraction of sp³-hybridized carbons (Fsp3) is 0.250. The van der Waals surface area contributed by atoms with Crippen molar-refractivity contribution in [1.29, 1.82) is 0 Å². The van der Waals surface area contributed by atoms with Gasteiger partial charge in [0.15, 0.2) is 0 Å². The summed E-state index contributed by atoms with van der Waals surface area (Å²) < 4.78 is 5.71. The molecule has 1 aromatic heterocycles. The lowest BCUT2D eigenvalue weighted by Gasteiger charge is -2.10. The van der Waals surface area contributed by atoms with Crippen LogP contribution >= 0.6 is 23.4 Å². The predicted octanol–water partition coefficient (Wildman–Crippen LogP) is 5.19. The average Bonchev–Trinajstić information content (AvgIpc) is 3.09. The standard InChI is InChI=1S/C20H20ClN3O2S/c1-13(15-7-4-3-5-8-15)11-18-23-24-20(26-18)27-14(2)19(25)22-17-10-6-9-16(21)12-17/h3-10,12-14H,11H2,1-2H3,(H,22,25). The van der Waals surface area contributed by atoms with E-state index in [-0.39, 0.29) is 17.1 Å². The maximum absolute atomic E-state index is 12.3. The summed E-state index contributed by atoms with van der Waals surface area (Å²) in [5.41, 5.74) is 1.88. The zero-order chi connectivity index (χ0) is 19.2. The van der Waals surface area contributed by atoms with Crippen molar-refractivity contribution in [1.82, 2.24) is 10.2 Å². The maximum atomic E-state index is 12.3. The molecule has 140 valence electrons. The average molecular weight is 402 g/mol. The van der Waals surface area contributed by atoms with Crippen LogP contribution in [0.4, 0.5) is 5.69 Å². The number of thioether (sulfide) groups is 1. The molecule has 0 saturated heterocycles. The molecule has 3 rings (SSSR count). The highest BCUT2D eigenvalue weighted by molar-refractivity contribution is 8.00. The Bertz CT molecular complexity index is 901. The van der Waals surface area contributed by atoms with Crippen molar-refractivity contribution in [2.24, 2.45) is 0 Å². The molecule has 1 heterocycles. The summed E-state index contributed by atoms with van der Waals surface area (Å²) in [6.45, 7) is 3.91. The summed E-state index contributed by atoms with van der Waals surface area (Å²) in [6.07, 6.45) is 0.653. The Morgan fingerprint density at radius 3 is 2.67 bits per heavy atom. The lowest BCUT2D eigenvalue weighted by Crippen LogP contribution is -2.22. The maximum Gasteiger partial charge on any atom is 0.277 e. The van der Waals surface area contributed by atoms with Crippen LogP contribution in [-0.4, -0.2) is 21.4 Å². The van der Waals surface area contributed by atoms with Crippen molar-refractivity contribution in [3.63, 3.8) is 0 Å². The van der Waals surface area contributed by atoms with Crippen LogP contribution in [0, 0.1) is 0 Å². The smallest absolute Gasteiger partial charge is 0.277 e. The number of aromatic nitrogens is 2. The van der Waals surface area contributed by atoms with Crippen molar-refractivity contribution >= 4 is 35.0 Å². The lowest BCUT2D eigenvalue weighted by atomic mass is 9.98. The summed E-state index contributed by atoms with van der Waals surface area (Å²) in [7, 11) is 0. The van der Waals surface area contributed by atoms with Crippen LogP contribution in [0.1, 0.15) is 31.2 Å². The second-order valence-corrected chi connectivity index (χ2v) is 7.97. The van der Waals surface area contributed by atoms with Gasteiger partial charge >= 0.3 is 0 Å². The minimum Gasteiger partial charge on any atom is -0.416 e. The van der Waals surface area contributed by atoms with E-state index in [1.807, 2.05) is 18.2 Å². The third kappa shape index (κ3) is 5.58. The Kier molecular flexibility index (Phi) is 6.53. The Morgan fingerprint density at radius 2 is 1.93 bits per heavy atom. The number of anilines is 1. The first-order valence-electron chi connectivity index (χ1n) is 8.61.